The van der Waals surface area contributed by atoms with Gasteiger partial charge in [-0.3, -0.25) is 0 Å². The van der Waals surface area contributed by atoms with E-state index in [9.17, 15) is 4.79 Å². The lowest BCUT2D eigenvalue weighted by molar-refractivity contribution is -0.115. The monoisotopic (exact) mass is 127 g/mol. The quantitative estimate of drug-likeness (QED) is 0.372. The molecule has 50 valence electrons. The number of carbonyl (C=O) groups is 1. The van der Waals surface area contributed by atoms with E-state index in [-0.39, 0.29) is 6.04 Å². The summed E-state index contributed by atoms with van der Waals surface area (Å²) in [7, 11) is 0. The summed E-state index contributed by atoms with van der Waals surface area (Å²) in [6.07, 6.45) is 3.33. The molecule has 0 spiro atoms. The van der Waals surface area contributed by atoms with Gasteiger partial charge in [-0.2, -0.15) is 0 Å². The molecule has 0 radical (unpaired) electrons. The molecule has 3 nitrogen and oxygen atoms in total. The molecule has 2 unspecified atom stereocenters. The highest BCUT2D eigenvalue weighted by Gasteiger charge is 2.16. The van der Waals surface area contributed by atoms with E-state index in [2.05, 4.69) is 5.32 Å². The highest BCUT2D eigenvalue weighted by atomic mass is 16.3. The molecule has 1 aliphatic rings. The van der Waals surface area contributed by atoms with Gasteiger partial charge in [-0.1, -0.05) is 12.2 Å². The summed E-state index contributed by atoms with van der Waals surface area (Å²) in [6, 6.07) is -0.164. The van der Waals surface area contributed by atoms with Crippen molar-refractivity contribution < 1.29 is 9.90 Å². The third-order valence-electron chi connectivity index (χ3n) is 1.32. The number of aldehydes is 1. The van der Waals surface area contributed by atoms with Gasteiger partial charge in [-0.25, -0.2) is 0 Å². The van der Waals surface area contributed by atoms with E-state index in [4.69, 9.17) is 5.11 Å². The fourth-order valence-corrected chi connectivity index (χ4v) is 0.806. The van der Waals surface area contributed by atoms with E-state index >= 15 is 0 Å². The molecular weight excluding hydrogens is 118 g/mol. The number of hydrogen-bond acceptors (Lipinski definition) is 3. The summed E-state index contributed by atoms with van der Waals surface area (Å²) in [4.78, 5) is 9.97. The largest absolute Gasteiger partial charge is 0.384 e. The smallest absolute Gasteiger partial charge is 0.150 e. The van der Waals surface area contributed by atoms with E-state index in [1.165, 1.54) is 0 Å². The predicted octanol–water partition coefficient (Wildman–Crippen LogP) is -0.926. The maximum Gasteiger partial charge on any atom is 0.150 e. The zero-order chi connectivity index (χ0) is 6.69. The number of nitrogens with one attached hydrogen (secondary N) is 1. The molecule has 2 atom stereocenters. The van der Waals surface area contributed by atoms with Gasteiger partial charge < -0.3 is 15.2 Å². The molecule has 0 aromatic rings. The SMILES string of the molecule is O=CC(O)C1C=CCN1. The van der Waals surface area contributed by atoms with Crippen molar-refractivity contribution in [1.29, 1.82) is 0 Å². The molecule has 0 bridgehead atoms. The molecule has 9 heavy (non-hydrogen) atoms. The molecule has 0 amide bonds. The fraction of sp³-hybridized carbons (Fsp3) is 0.500. The van der Waals surface area contributed by atoms with Crippen molar-refractivity contribution in [3.05, 3.63) is 12.2 Å². The molecular formula is C6H9NO2. The van der Waals surface area contributed by atoms with Crippen LogP contribution < -0.4 is 5.32 Å². The van der Waals surface area contributed by atoms with Crippen LogP contribution in [0.1, 0.15) is 0 Å². The molecule has 0 aromatic carbocycles. The van der Waals surface area contributed by atoms with Crippen LogP contribution in [0.4, 0.5) is 0 Å². The Bertz CT molecular complexity index is 133. The van der Waals surface area contributed by atoms with Crippen LogP contribution in [0.2, 0.25) is 0 Å². The molecule has 1 heterocycles. The Morgan fingerprint density at radius 3 is 3.11 bits per heavy atom. The average Bonchev–Trinajstić information content (AvgIpc) is 2.37. The van der Waals surface area contributed by atoms with E-state index in [0.29, 0.717) is 6.29 Å². The Hall–Kier alpha value is -0.670. The van der Waals surface area contributed by atoms with Crippen LogP contribution in [-0.4, -0.2) is 30.1 Å². The van der Waals surface area contributed by atoms with Crippen LogP contribution in [-0.2, 0) is 4.79 Å². The third kappa shape index (κ3) is 1.37. The number of rotatable bonds is 2. The lowest BCUT2D eigenvalue weighted by Gasteiger charge is -2.09. The normalized spacial score (nSPS) is 28.3. The Morgan fingerprint density at radius 1 is 1.89 bits per heavy atom. The molecule has 0 saturated carbocycles. The van der Waals surface area contributed by atoms with Gasteiger partial charge in [-0.15, -0.1) is 0 Å². The fourth-order valence-electron chi connectivity index (χ4n) is 0.806. The van der Waals surface area contributed by atoms with Crippen molar-refractivity contribution >= 4 is 6.29 Å². The standard InChI is InChI=1S/C6H9NO2/c8-4-6(9)5-2-1-3-7-5/h1-2,4-7,9H,3H2. The van der Waals surface area contributed by atoms with Gasteiger partial charge in [0.25, 0.3) is 0 Å². The highest BCUT2D eigenvalue weighted by Crippen LogP contribution is 1.97. The van der Waals surface area contributed by atoms with Gasteiger partial charge in [0, 0.05) is 6.54 Å². The Balaban J connectivity index is 2.42. The molecule has 0 aromatic heterocycles. The van der Waals surface area contributed by atoms with Crippen LogP contribution in [0.15, 0.2) is 12.2 Å². The van der Waals surface area contributed by atoms with Gasteiger partial charge in [0.15, 0.2) is 0 Å². The van der Waals surface area contributed by atoms with Crippen molar-refractivity contribution in [1.82, 2.24) is 5.32 Å². The van der Waals surface area contributed by atoms with Gasteiger partial charge in [0.1, 0.15) is 12.4 Å². The molecule has 0 saturated heterocycles. The van der Waals surface area contributed by atoms with Crippen molar-refractivity contribution in [2.75, 3.05) is 6.54 Å². The average molecular weight is 127 g/mol. The van der Waals surface area contributed by atoms with Gasteiger partial charge >= 0.3 is 0 Å². The van der Waals surface area contributed by atoms with E-state index in [0.717, 1.165) is 6.54 Å². The Kier molecular flexibility index (Phi) is 1.97. The van der Waals surface area contributed by atoms with Crippen molar-refractivity contribution in [2.45, 2.75) is 12.1 Å². The maximum absolute atomic E-state index is 9.97. The second-order valence-corrected chi connectivity index (χ2v) is 1.99. The summed E-state index contributed by atoms with van der Waals surface area (Å²) in [6.45, 7) is 0.746. The number of carbonyl (C=O) groups excluding carboxylic acids is 1. The number of hydrogen-bond donors (Lipinski definition) is 2. The number of aliphatic hydroxyl groups is 1. The van der Waals surface area contributed by atoms with Crippen molar-refractivity contribution in [3.63, 3.8) is 0 Å². The first kappa shape index (κ1) is 6.45. The van der Waals surface area contributed by atoms with Crippen molar-refractivity contribution in [3.8, 4) is 0 Å². The number of aliphatic hydroxyl groups excluding tert-OH is 1. The lowest BCUT2D eigenvalue weighted by atomic mass is 10.2. The third-order valence-corrected chi connectivity index (χ3v) is 1.32. The second-order valence-electron chi connectivity index (χ2n) is 1.99. The van der Waals surface area contributed by atoms with Crippen molar-refractivity contribution in [2.24, 2.45) is 0 Å². The van der Waals surface area contributed by atoms with Gasteiger partial charge in [-0.05, 0) is 0 Å². The van der Waals surface area contributed by atoms with Crippen LogP contribution in [0.25, 0.3) is 0 Å². The first-order chi connectivity index (χ1) is 4.34. The molecule has 1 aliphatic heterocycles. The summed E-state index contributed by atoms with van der Waals surface area (Å²) >= 11 is 0. The topological polar surface area (TPSA) is 49.3 Å². The van der Waals surface area contributed by atoms with Gasteiger partial charge in [0.05, 0.1) is 6.04 Å². The zero-order valence-corrected chi connectivity index (χ0v) is 4.95. The summed E-state index contributed by atoms with van der Waals surface area (Å²) < 4.78 is 0. The van der Waals surface area contributed by atoms with Crippen LogP contribution in [0.3, 0.4) is 0 Å². The van der Waals surface area contributed by atoms with Crippen LogP contribution >= 0.6 is 0 Å². The maximum atomic E-state index is 9.97. The summed E-state index contributed by atoms with van der Waals surface area (Å²) in [5.41, 5.74) is 0. The molecule has 0 fully saturated rings. The van der Waals surface area contributed by atoms with Crippen LogP contribution in [0.5, 0.6) is 0 Å². The van der Waals surface area contributed by atoms with E-state index < -0.39 is 6.10 Å². The summed E-state index contributed by atoms with van der Waals surface area (Å²) in [5.74, 6) is 0. The Morgan fingerprint density at radius 2 is 2.67 bits per heavy atom. The highest BCUT2D eigenvalue weighted by molar-refractivity contribution is 5.57. The molecule has 3 heteroatoms. The minimum atomic E-state index is -0.885. The Labute approximate surface area is 53.4 Å². The van der Waals surface area contributed by atoms with Gasteiger partial charge in [0.2, 0.25) is 0 Å². The minimum absolute atomic E-state index is 0.164. The second kappa shape index (κ2) is 2.75. The first-order valence-corrected chi connectivity index (χ1v) is 2.88. The molecule has 2 N–H and O–H groups in total. The first-order valence-electron chi connectivity index (χ1n) is 2.88. The minimum Gasteiger partial charge on any atom is -0.384 e. The molecule has 1 rings (SSSR count). The van der Waals surface area contributed by atoms with Crippen LogP contribution in [0, 0.1) is 0 Å². The van der Waals surface area contributed by atoms with E-state index in [1.807, 2.05) is 6.08 Å². The lowest BCUT2D eigenvalue weighted by Crippen LogP contribution is -2.35. The summed E-state index contributed by atoms with van der Waals surface area (Å²) in [5, 5.41) is 11.8. The molecule has 0 aliphatic carbocycles. The van der Waals surface area contributed by atoms with E-state index in [1.54, 1.807) is 6.08 Å². The predicted molar refractivity (Wildman–Crippen MR) is 33.0 cm³/mol. The zero-order valence-electron chi connectivity index (χ0n) is 4.95.